The number of thioether (sulfide) groups is 1. The molecule has 0 bridgehead atoms. The number of carbonyl (C=O) groups is 1. The highest BCUT2D eigenvalue weighted by Crippen LogP contribution is 2.31. The fourth-order valence-electron chi connectivity index (χ4n) is 2.11. The van der Waals surface area contributed by atoms with Crippen LogP contribution >= 0.6 is 11.8 Å². The largest absolute Gasteiger partial charge is 0.480 e. The molecule has 0 amide bonds. The van der Waals surface area contributed by atoms with Gasteiger partial charge in [0.1, 0.15) is 15.9 Å². The average Bonchev–Trinajstić information content (AvgIpc) is 2.97. The number of benzene rings is 1. The van der Waals surface area contributed by atoms with E-state index in [-0.39, 0.29) is 0 Å². The molecule has 0 saturated heterocycles. The van der Waals surface area contributed by atoms with Gasteiger partial charge < -0.3 is 9.52 Å². The Morgan fingerprint density at radius 3 is 2.81 bits per heavy atom. The molecule has 21 heavy (non-hydrogen) atoms. The van der Waals surface area contributed by atoms with Crippen LogP contribution < -0.4 is 0 Å². The second-order valence-corrected chi connectivity index (χ2v) is 5.77. The van der Waals surface area contributed by atoms with Crippen LogP contribution in [0.2, 0.25) is 0 Å². The molecule has 2 aromatic heterocycles. The summed E-state index contributed by atoms with van der Waals surface area (Å²) in [6.45, 7) is 0. The molecule has 1 aromatic carbocycles. The molecule has 3 rings (SSSR count). The number of pyridine rings is 1. The van der Waals surface area contributed by atoms with Gasteiger partial charge in [0.2, 0.25) is 0 Å². The van der Waals surface area contributed by atoms with Gasteiger partial charge in [0.25, 0.3) is 0 Å². The zero-order valence-corrected chi connectivity index (χ0v) is 11.9. The topological polar surface area (TPSA) is 63.3 Å². The Morgan fingerprint density at radius 2 is 2.05 bits per heavy atom. The van der Waals surface area contributed by atoms with Crippen LogP contribution in [0.5, 0.6) is 0 Å². The summed E-state index contributed by atoms with van der Waals surface area (Å²) in [5.41, 5.74) is 1.72. The molecule has 106 valence electrons. The normalized spacial score (nSPS) is 12.4. The summed E-state index contributed by atoms with van der Waals surface area (Å²) < 4.78 is 5.32. The molecule has 0 aliphatic rings. The fraction of sp³-hybridized carbons (Fsp3) is 0.125. The van der Waals surface area contributed by atoms with Crippen LogP contribution in [0.25, 0.3) is 11.0 Å². The number of hydrogen-bond donors (Lipinski definition) is 1. The van der Waals surface area contributed by atoms with Gasteiger partial charge in [0, 0.05) is 6.20 Å². The lowest BCUT2D eigenvalue weighted by Gasteiger charge is -2.12. The summed E-state index contributed by atoms with van der Waals surface area (Å²) in [6, 6.07) is 13.2. The molecule has 3 aromatic rings. The van der Waals surface area contributed by atoms with Crippen molar-refractivity contribution >= 4 is 28.7 Å². The third-order valence-electron chi connectivity index (χ3n) is 3.14. The Morgan fingerprint density at radius 1 is 1.24 bits per heavy atom. The molecule has 5 heteroatoms. The van der Waals surface area contributed by atoms with E-state index < -0.39 is 11.2 Å². The zero-order valence-electron chi connectivity index (χ0n) is 11.1. The first-order valence-electron chi connectivity index (χ1n) is 6.49. The van der Waals surface area contributed by atoms with E-state index >= 15 is 0 Å². The van der Waals surface area contributed by atoms with E-state index in [0.29, 0.717) is 11.4 Å². The fourth-order valence-corrected chi connectivity index (χ4v) is 3.17. The van der Waals surface area contributed by atoms with Crippen LogP contribution in [0.15, 0.2) is 64.4 Å². The summed E-state index contributed by atoms with van der Waals surface area (Å²) >= 11 is 1.26. The Labute approximate surface area is 125 Å². The number of hydrogen-bond acceptors (Lipinski definition) is 4. The SMILES string of the molecule is O=C(O)C(Cc1ccccc1)Sc1nccc2occc12. The average molecular weight is 299 g/mol. The van der Waals surface area contributed by atoms with E-state index in [2.05, 4.69) is 4.98 Å². The van der Waals surface area contributed by atoms with Crippen LogP contribution in [0.1, 0.15) is 5.56 Å². The van der Waals surface area contributed by atoms with E-state index in [9.17, 15) is 9.90 Å². The Kier molecular flexibility index (Phi) is 3.92. The predicted octanol–water partition coefficient (Wildman–Crippen LogP) is 3.62. The molecule has 1 N–H and O–H groups in total. The quantitative estimate of drug-likeness (QED) is 0.729. The summed E-state index contributed by atoms with van der Waals surface area (Å²) in [6.07, 6.45) is 3.68. The van der Waals surface area contributed by atoms with Gasteiger partial charge >= 0.3 is 5.97 Å². The van der Waals surface area contributed by atoms with Gasteiger partial charge in [0.15, 0.2) is 0 Å². The summed E-state index contributed by atoms with van der Waals surface area (Å²) in [5, 5.41) is 10.4. The number of carboxylic acid groups (broad SMARTS) is 1. The van der Waals surface area contributed by atoms with Crippen molar-refractivity contribution in [2.75, 3.05) is 0 Å². The minimum absolute atomic E-state index is 0.455. The number of fused-ring (bicyclic) bond motifs is 1. The molecule has 0 spiro atoms. The number of nitrogens with zero attached hydrogens (tertiary/aromatic N) is 1. The Bertz CT molecular complexity index is 754. The third kappa shape index (κ3) is 3.08. The van der Waals surface area contributed by atoms with E-state index in [1.807, 2.05) is 36.4 Å². The first-order chi connectivity index (χ1) is 10.2. The first-order valence-corrected chi connectivity index (χ1v) is 7.37. The molecule has 0 saturated carbocycles. The van der Waals surface area contributed by atoms with Crippen LogP contribution in [-0.4, -0.2) is 21.3 Å². The second-order valence-electron chi connectivity index (χ2n) is 4.58. The van der Waals surface area contributed by atoms with E-state index in [0.717, 1.165) is 16.5 Å². The monoisotopic (exact) mass is 299 g/mol. The van der Waals surface area contributed by atoms with Crippen LogP contribution in [0.3, 0.4) is 0 Å². The maximum Gasteiger partial charge on any atom is 0.317 e. The summed E-state index contributed by atoms with van der Waals surface area (Å²) in [7, 11) is 0. The van der Waals surface area contributed by atoms with Crippen molar-refractivity contribution < 1.29 is 14.3 Å². The molecule has 0 aliphatic heterocycles. The lowest BCUT2D eigenvalue weighted by molar-refractivity contribution is -0.136. The number of aliphatic carboxylic acids is 1. The van der Waals surface area contributed by atoms with Crippen LogP contribution in [-0.2, 0) is 11.2 Å². The third-order valence-corrected chi connectivity index (χ3v) is 4.34. The van der Waals surface area contributed by atoms with Crippen molar-refractivity contribution in [3.8, 4) is 0 Å². The van der Waals surface area contributed by atoms with Gasteiger partial charge in [-0.15, -0.1) is 0 Å². The lowest BCUT2D eigenvalue weighted by Crippen LogP contribution is -2.19. The van der Waals surface area contributed by atoms with Crippen LogP contribution in [0.4, 0.5) is 0 Å². The smallest absolute Gasteiger partial charge is 0.317 e. The van der Waals surface area contributed by atoms with E-state index in [1.54, 1.807) is 18.5 Å². The summed E-state index contributed by atoms with van der Waals surface area (Å²) in [5.74, 6) is -0.842. The standard InChI is InChI=1S/C16H13NO3S/c18-16(19)14(10-11-4-2-1-3-5-11)21-15-12-7-9-20-13(12)6-8-17-15/h1-9,14H,10H2,(H,18,19). The molecule has 4 nitrogen and oxygen atoms in total. The van der Waals surface area contributed by atoms with E-state index in [4.69, 9.17) is 4.42 Å². The molecule has 1 unspecified atom stereocenters. The molecule has 2 heterocycles. The van der Waals surface area contributed by atoms with E-state index in [1.165, 1.54) is 11.8 Å². The maximum absolute atomic E-state index is 11.5. The molecule has 1 atom stereocenters. The van der Waals surface area contributed by atoms with Crippen LogP contribution in [0, 0.1) is 0 Å². The molecular formula is C16H13NO3S. The van der Waals surface area contributed by atoms with Gasteiger partial charge in [-0.25, -0.2) is 4.98 Å². The van der Waals surface area contributed by atoms with Gasteiger partial charge in [-0.1, -0.05) is 42.1 Å². The highest BCUT2D eigenvalue weighted by molar-refractivity contribution is 8.00. The highest BCUT2D eigenvalue weighted by atomic mass is 32.2. The molecule has 0 radical (unpaired) electrons. The first kappa shape index (κ1) is 13.7. The van der Waals surface area contributed by atoms with Crippen molar-refractivity contribution in [2.45, 2.75) is 16.7 Å². The Balaban J connectivity index is 1.85. The van der Waals surface area contributed by atoms with Crippen molar-refractivity contribution in [3.05, 3.63) is 60.5 Å². The van der Waals surface area contributed by atoms with Gasteiger partial charge in [-0.2, -0.15) is 0 Å². The minimum atomic E-state index is -0.842. The Hall–Kier alpha value is -2.27. The van der Waals surface area contributed by atoms with Gasteiger partial charge in [-0.05, 0) is 24.1 Å². The number of furan rings is 1. The molecule has 0 fully saturated rings. The number of rotatable bonds is 5. The van der Waals surface area contributed by atoms with Gasteiger partial charge in [-0.3, -0.25) is 4.79 Å². The predicted molar refractivity (Wildman–Crippen MR) is 81.4 cm³/mol. The minimum Gasteiger partial charge on any atom is -0.480 e. The van der Waals surface area contributed by atoms with Crippen molar-refractivity contribution in [2.24, 2.45) is 0 Å². The van der Waals surface area contributed by atoms with Crippen molar-refractivity contribution in [1.29, 1.82) is 0 Å². The number of aromatic nitrogens is 1. The molecular weight excluding hydrogens is 286 g/mol. The second kappa shape index (κ2) is 6.01. The number of carboxylic acids is 1. The lowest BCUT2D eigenvalue weighted by atomic mass is 10.1. The summed E-state index contributed by atoms with van der Waals surface area (Å²) in [4.78, 5) is 15.8. The van der Waals surface area contributed by atoms with Crippen molar-refractivity contribution in [3.63, 3.8) is 0 Å². The van der Waals surface area contributed by atoms with Crippen molar-refractivity contribution in [1.82, 2.24) is 4.98 Å². The zero-order chi connectivity index (χ0) is 14.7. The molecule has 0 aliphatic carbocycles. The van der Waals surface area contributed by atoms with Gasteiger partial charge in [0.05, 0.1) is 11.6 Å². The maximum atomic E-state index is 11.5. The highest BCUT2D eigenvalue weighted by Gasteiger charge is 2.21.